The Hall–Kier alpha value is -4.26. The highest BCUT2D eigenvalue weighted by Gasteiger charge is 2.43. The Labute approximate surface area is 210 Å². The van der Waals surface area contributed by atoms with E-state index < -0.39 is 23.7 Å². The molecule has 7 nitrogen and oxygen atoms in total. The average Bonchev–Trinajstić information content (AvgIpc) is 3.13. The number of nitrogens with zero attached hydrogens (tertiary/aromatic N) is 2. The number of rotatable bonds is 9. The minimum Gasteiger partial charge on any atom is -0.503 e. The van der Waals surface area contributed by atoms with Gasteiger partial charge >= 0.3 is 5.97 Å². The predicted molar refractivity (Wildman–Crippen MR) is 134 cm³/mol. The van der Waals surface area contributed by atoms with E-state index in [0.717, 1.165) is 11.1 Å². The molecule has 184 valence electrons. The summed E-state index contributed by atoms with van der Waals surface area (Å²) in [4.78, 5) is 44.2. The Balaban J connectivity index is 1.58. The van der Waals surface area contributed by atoms with Crippen LogP contribution >= 0.6 is 0 Å². The quantitative estimate of drug-likeness (QED) is 0.441. The third kappa shape index (κ3) is 5.51. The zero-order valence-electron chi connectivity index (χ0n) is 20.3. The van der Waals surface area contributed by atoms with Crippen molar-refractivity contribution in [2.75, 3.05) is 0 Å². The summed E-state index contributed by atoms with van der Waals surface area (Å²) >= 11 is 0. The van der Waals surface area contributed by atoms with Gasteiger partial charge in [0.2, 0.25) is 0 Å². The van der Waals surface area contributed by atoms with E-state index in [4.69, 9.17) is 4.74 Å². The molecule has 1 aromatic heterocycles. The largest absolute Gasteiger partial charge is 0.503 e. The van der Waals surface area contributed by atoms with Crippen LogP contribution in [0.3, 0.4) is 0 Å². The number of pyridine rings is 1. The van der Waals surface area contributed by atoms with Crippen LogP contribution in [0.5, 0.6) is 0 Å². The van der Waals surface area contributed by atoms with Crippen molar-refractivity contribution in [2.24, 2.45) is 0 Å². The van der Waals surface area contributed by atoms with Crippen molar-refractivity contribution in [3.63, 3.8) is 0 Å². The normalized spacial score (nSPS) is 15.5. The maximum atomic E-state index is 13.3. The van der Waals surface area contributed by atoms with E-state index in [1.54, 1.807) is 62.6 Å². The lowest BCUT2D eigenvalue weighted by atomic mass is 9.94. The number of aliphatic hydroxyl groups is 1. The molecule has 2 aromatic carbocycles. The summed E-state index contributed by atoms with van der Waals surface area (Å²) in [6.07, 6.45) is 3.64. The van der Waals surface area contributed by atoms with Gasteiger partial charge in [-0.2, -0.15) is 0 Å². The van der Waals surface area contributed by atoms with Crippen molar-refractivity contribution in [1.29, 1.82) is 0 Å². The number of aliphatic hydroxyl groups excluding tert-OH is 1. The number of carbonyl (C=O) groups excluding carboxylic acids is 3. The highest BCUT2D eigenvalue weighted by molar-refractivity contribution is 6.09. The van der Waals surface area contributed by atoms with Crippen molar-refractivity contribution >= 4 is 17.7 Å². The lowest BCUT2D eigenvalue weighted by molar-refractivity contribution is -0.130. The molecular formula is C29H28N2O5. The Morgan fingerprint density at radius 2 is 1.72 bits per heavy atom. The Morgan fingerprint density at radius 1 is 1.00 bits per heavy atom. The Kier molecular flexibility index (Phi) is 7.59. The molecule has 0 spiro atoms. The van der Waals surface area contributed by atoms with Gasteiger partial charge in [0.25, 0.3) is 5.91 Å². The first-order chi connectivity index (χ1) is 17.3. The number of amides is 1. The van der Waals surface area contributed by atoms with E-state index in [9.17, 15) is 19.5 Å². The molecule has 1 atom stereocenters. The smallest absolute Gasteiger partial charge is 0.338 e. The lowest BCUT2D eigenvalue weighted by Crippen LogP contribution is -2.30. The summed E-state index contributed by atoms with van der Waals surface area (Å²) in [6.45, 7) is 3.70. The number of ether oxygens (including phenoxy) is 1. The minimum absolute atomic E-state index is 0.0843. The van der Waals surface area contributed by atoms with Crippen molar-refractivity contribution in [3.05, 3.63) is 113 Å². The second-order valence-electron chi connectivity index (χ2n) is 8.94. The number of hydrogen-bond acceptors (Lipinski definition) is 6. The number of benzene rings is 2. The number of carbonyl (C=O) groups is 3. The minimum atomic E-state index is -0.764. The van der Waals surface area contributed by atoms with E-state index in [1.165, 1.54) is 4.90 Å². The van der Waals surface area contributed by atoms with Crippen LogP contribution in [-0.2, 0) is 27.3 Å². The van der Waals surface area contributed by atoms with Crippen LogP contribution in [0.1, 0.15) is 53.4 Å². The third-order valence-electron chi connectivity index (χ3n) is 5.97. The number of ketones is 1. The molecule has 4 rings (SSSR count). The molecule has 2 heterocycles. The fourth-order valence-electron chi connectivity index (χ4n) is 4.25. The first-order valence-electron chi connectivity index (χ1n) is 11.9. The summed E-state index contributed by atoms with van der Waals surface area (Å²) in [5, 5.41) is 10.8. The molecule has 36 heavy (non-hydrogen) atoms. The summed E-state index contributed by atoms with van der Waals surface area (Å²) < 4.78 is 5.22. The fraction of sp³-hybridized carbons (Fsp3) is 0.241. The summed E-state index contributed by atoms with van der Waals surface area (Å²) in [6, 6.07) is 19.1. The number of aryl methyl sites for hydroxylation is 1. The van der Waals surface area contributed by atoms with Crippen LogP contribution in [-0.4, -0.2) is 38.8 Å². The SMILES string of the molecule is CC(C)OC(=O)c1ccc(CN2C(=O)C(O)=C(C(=O)CCc3ccccc3)C2c2cccnc2)cc1. The van der Waals surface area contributed by atoms with Crippen LogP contribution in [0, 0.1) is 0 Å². The average molecular weight is 485 g/mol. The zero-order chi connectivity index (χ0) is 25.7. The van der Waals surface area contributed by atoms with Gasteiger partial charge in [0.1, 0.15) is 0 Å². The Bertz CT molecular complexity index is 1270. The summed E-state index contributed by atoms with van der Waals surface area (Å²) in [7, 11) is 0. The highest BCUT2D eigenvalue weighted by Crippen LogP contribution is 2.39. The van der Waals surface area contributed by atoms with Crippen molar-refractivity contribution in [2.45, 2.75) is 45.4 Å². The number of aromatic nitrogens is 1. The van der Waals surface area contributed by atoms with Gasteiger partial charge in [-0.3, -0.25) is 14.6 Å². The standard InChI is InChI=1S/C29H28N2O5/c1-19(2)36-29(35)22-13-10-21(11-14-22)18-31-26(23-9-6-16-30-17-23)25(27(33)28(31)34)24(32)15-12-20-7-4-3-5-8-20/h3-11,13-14,16-17,19,26,33H,12,15,18H2,1-2H3. The maximum Gasteiger partial charge on any atom is 0.338 e. The first-order valence-corrected chi connectivity index (χ1v) is 11.9. The molecule has 0 bridgehead atoms. The Morgan fingerprint density at radius 3 is 2.36 bits per heavy atom. The molecule has 0 saturated carbocycles. The molecule has 7 heteroatoms. The van der Waals surface area contributed by atoms with Gasteiger partial charge in [0.05, 0.1) is 23.3 Å². The second kappa shape index (κ2) is 11.0. The number of hydrogen-bond donors (Lipinski definition) is 1. The van der Waals surface area contributed by atoms with Gasteiger partial charge < -0.3 is 14.7 Å². The van der Waals surface area contributed by atoms with Gasteiger partial charge in [-0.05, 0) is 55.2 Å². The third-order valence-corrected chi connectivity index (χ3v) is 5.97. The van der Waals surface area contributed by atoms with Crippen LogP contribution in [0.15, 0.2) is 90.5 Å². The van der Waals surface area contributed by atoms with E-state index in [2.05, 4.69) is 4.98 Å². The van der Waals surface area contributed by atoms with Crippen molar-refractivity contribution in [3.8, 4) is 0 Å². The number of Topliss-reactive ketones (excluding diaryl/α,β-unsaturated/α-hetero) is 1. The van der Waals surface area contributed by atoms with Gasteiger partial charge in [0.15, 0.2) is 11.5 Å². The molecule has 1 N–H and O–H groups in total. The fourth-order valence-corrected chi connectivity index (χ4v) is 4.25. The van der Waals surface area contributed by atoms with E-state index >= 15 is 0 Å². The molecule has 1 aliphatic heterocycles. The van der Waals surface area contributed by atoms with Gasteiger partial charge in [-0.25, -0.2) is 4.79 Å². The van der Waals surface area contributed by atoms with E-state index in [-0.39, 0.29) is 30.4 Å². The van der Waals surface area contributed by atoms with Gasteiger partial charge in [0, 0.05) is 25.4 Å². The molecule has 3 aromatic rings. The first kappa shape index (κ1) is 24.9. The van der Waals surface area contributed by atoms with Crippen LogP contribution in [0.4, 0.5) is 0 Å². The van der Waals surface area contributed by atoms with Crippen molar-refractivity contribution in [1.82, 2.24) is 9.88 Å². The molecule has 1 aliphatic rings. The highest BCUT2D eigenvalue weighted by atomic mass is 16.5. The van der Waals surface area contributed by atoms with E-state index in [0.29, 0.717) is 17.5 Å². The molecular weight excluding hydrogens is 456 g/mol. The predicted octanol–water partition coefficient (Wildman–Crippen LogP) is 4.74. The van der Waals surface area contributed by atoms with Crippen LogP contribution < -0.4 is 0 Å². The molecule has 1 amide bonds. The molecule has 0 radical (unpaired) electrons. The summed E-state index contributed by atoms with van der Waals surface area (Å²) in [5.41, 5.74) is 2.86. The lowest BCUT2D eigenvalue weighted by Gasteiger charge is -2.26. The van der Waals surface area contributed by atoms with Gasteiger partial charge in [-0.15, -0.1) is 0 Å². The monoisotopic (exact) mass is 484 g/mol. The summed E-state index contributed by atoms with van der Waals surface area (Å²) in [5.74, 6) is -1.85. The molecule has 0 saturated heterocycles. The molecule has 0 aliphatic carbocycles. The topological polar surface area (TPSA) is 96.8 Å². The maximum absolute atomic E-state index is 13.3. The molecule has 0 fully saturated rings. The van der Waals surface area contributed by atoms with Crippen molar-refractivity contribution < 1.29 is 24.2 Å². The van der Waals surface area contributed by atoms with Gasteiger partial charge in [-0.1, -0.05) is 48.5 Å². The second-order valence-corrected chi connectivity index (χ2v) is 8.94. The number of esters is 1. The molecule has 1 unspecified atom stereocenters. The zero-order valence-corrected chi connectivity index (χ0v) is 20.3. The van der Waals surface area contributed by atoms with E-state index in [1.807, 2.05) is 30.3 Å². The van der Waals surface area contributed by atoms with Crippen LogP contribution in [0.2, 0.25) is 0 Å². The van der Waals surface area contributed by atoms with Crippen LogP contribution in [0.25, 0.3) is 0 Å².